The number of carbonyl (C=O) groups excluding carboxylic acids is 1. The van der Waals surface area contributed by atoms with E-state index in [0.29, 0.717) is 12.8 Å². The van der Waals surface area contributed by atoms with Crippen molar-refractivity contribution in [3.63, 3.8) is 0 Å². The molecule has 0 N–H and O–H groups in total. The van der Waals surface area contributed by atoms with Crippen molar-refractivity contribution < 1.29 is 27.9 Å². The minimum absolute atomic E-state index is 0.102. The minimum Gasteiger partial charge on any atom is -0.466 e. The lowest BCUT2D eigenvalue weighted by molar-refractivity contribution is -0.136. The lowest BCUT2D eigenvalue weighted by Crippen LogP contribution is -2.11. The topological polar surface area (TPSA) is 98.2 Å². The number of esters is 1. The third-order valence-corrected chi connectivity index (χ3v) is 4.33. The highest BCUT2D eigenvalue weighted by Crippen LogP contribution is 2.49. The molecule has 0 spiro atoms. The van der Waals surface area contributed by atoms with Crippen LogP contribution in [0.3, 0.4) is 0 Å². The molecule has 0 amide bonds. The van der Waals surface area contributed by atoms with E-state index >= 15 is 0 Å². The van der Waals surface area contributed by atoms with Gasteiger partial charge in [-0.2, -0.15) is 4.79 Å². The first-order valence-electron chi connectivity index (χ1n) is 6.50. The van der Waals surface area contributed by atoms with Gasteiger partial charge in [-0.15, -0.1) is 6.58 Å². The molecular weight excluding hydrogens is 295 g/mol. The Morgan fingerprint density at radius 2 is 1.90 bits per heavy atom. The summed E-state index contributed by atoms with van der Waals surface area (Å²) in [4.78, 5) is 14.6. The number of nitrogens with zero attached hydrogens (tertiary/aromatic N) is 2. The predicted octanol–water partition coefficient (Wildman–Crippen LogP) is 2.95. The summed E-state index contributed by atoms with van der Waals surface area (Å²) in [6, 6.07) is 0. The second-order valence-electron chi connectivity index (χ2n) is 3.78. The number of ether oxygens (including phenoxy) is 1. The number of methoxy groups -OCH3 is 1. The fourth-order valence-electron chi connectivity index (χ4n) is 1.45. The van der Waals surface area contributed by atoms with Crippen LogP contribution in [-0.2, 0) is 23.1 Å². The van der Waals surface area contributed by atoms with E-state index in [1.165, 1.54) is 13.2 Å². The zero-order valence-corrected chi connectivity index (χ0v) is 13.5. The van der Waals surface area contributed by atoms with E-state index in [1.807, 2.05) is 0 Å². The number of hydrogen-bond acceptors (Lipinski definition) is 5. The molecule has 0 saturated heterocycles. The summed E-state index contributed by atoms with van der Waals surface area (Å²) in [6.45, 7) is 7.02. The second-order valence-corrected chi connectivity index (χ2v) is 5.75. The van der Waals surface area contributed by atoms with Gasteiger partial charge in [-0.1, -0.05) is 6.08 Å². The van der Waals surface area contributed by atoms with Crippen molar-refractivity contribution >= 4 is 19.0 Å². The van der Waals surface area contributed by atoms with Gasteiger partial charge >= 0.3 is 19.0 Å². The van der Waals surface area contributed by atoms with E-state index in [9.17, 15) is 9.36 Å². The molecule has 0 aliphatic heterocycles. The molecule has 0 aliphatic rings. The first kappa shape index (κ1) is 19.5. The van der Waals surface area contributed by atoms with E-state index in [1.54, 1.807) is 19.9 Å². The molecule has 0 atom stereocenters. The third kappa shape index (κ3) is 6.19. The normalized spacial score (nSPS) is 11.7. The highest BCUT2D eigenvalue weighted by molar-refractivity contribution is 7.72. The van der Waals surface area contributed by atoms with Gasteiger partial charge in [0.1, 0.15) is 0 Å². The number of hydrogen-bond donors (Lipinski definition) is 0. The van der Waals surface area contributed by atoms with Gasteiger partial charge in [0.15, 0.2) is 0 Å². The average molecular weight is 316 g/mol. The molecule has 0 heterocycles. The first-order chi connectivity index (χ1) is 9.98. The molecule has 8 heteroatoms. The van der Waals surface area contributed by atoms with Gasteiger partial charge in [0.2, 0.25) is 0 Å². The summed E-state index contributed by atoms with van der Waals surface area (Å²) in [5.41, 5.74) is 8.93. The van der Waals surface area contributed by atoms with Gasteiger partial charge in [-0.05, 0) is 26.7 Å². The number of rotatable bonds is 10. The van der Waals surface area contributed by atoms with E-state index < -0.39 is 13.6 Å². The lowest BCUT2D eigenvalue weighted by Gasteiger charge is -2.11. The Kier molecular flexibility index (Phi) is 9.50. The molecule has 0 aromatic carbocycles. The lowest BCUT2D eigenvalue weighted by atomic mass is 10.1. The maximum Gasteiger partial charge on any atom is 0.442 e. The maximum absolute atomic E-state index is 12.5. The van der Waals surface area contributed by atoms with Crippen LogP contribution in [0.2, 0.25) is 0 Å². The second kappa shape index (κ2) is 10.2. The molecule has 0 aliphatic carbocycles. The summed E-state index contributed by atoms with van der Waals surface area (Å²) in [5.74, 6) is -0.613. The summed E-state index contributed by atoms with van der Waals surface area (Å²) in [6.07, 6.45) is 3.60. The van der Waals surface area contributed by atoms with Crippen LogP contribution in [0, 0.1) is 0 Å². The summed E-state index contributed by atoms with van der Waals surface area (Å²) in [7, 11) is -2.55. The van der Waals surface area contributed by atoms with Gasteiger partial charge in [0.25, 0.3) is 0 Å². The van der Waals surface area contributed by atoms with E-state index in [4.69, 9.17) is 14.6 Å². The Hall–Kier alpha value is -1.52. The van der Waals surface area contributed by atoms with Crippen molar-refractivity contribution in [1.29, 1.82) is 0 Å². The fourth-order valence-corrected chi connectivity index (χ4v) is 2.89. The van der Waals surface area contributed by atoms with Crippen LogP contribution in [0.5, 0.6) is 0 Å². The summed E-state index contributed by atoms with van der Waals surface area (Å²) < 4.78 is 27.3. The highest BCUT2D eigenvalue weighted by Gasteiger charge is 2.38. The number of carbonyl (C=O) groups is 1. The molecule has 0 rings (SSSR count). The molecular formula is C13H21N2O5P. The van der Waals surface area contributed by atoms with Gasteiger partial charge in [0.05, 0.1) is 20.3 Å². The maximum atomic E-state index is 12.5. The Morgan fingerprint density at radius 3 is 2.29 bits per heavy atom. The van der Waals surface area contributed by atoms with Gasteiger partial charge in [-0.3, -0.25) is 0 Å². The Morgan fingerprint density at radius 1 is 1.33 bits per heavy atom. The van der Waals surface area contributed by atoms with E-state index in [0.717, 1.165) is 0 Å². The molecule has 0 unspecified atom stereocenters. The summed E-state index contributed by atoms with van der Waals surface area (Å²) >= 11 is 0. The highest BCUT2D eigenvalue weighted by atomic mass is 31.2. The SMILES string of the molecule is C=CCC/C(=C\C(=[N+]=[N-])P(=O)(OCC)OCC)C(=O)OC. The molecule has 0 bridgehead atoms. The smallest absolute Gasteiger partial charge is 0.442 e. The number of allylic oxidation sites excluding steroid dienone is 2. The van der Waals surface area contributed by atoms with E-state index in [-0.39, 0.29) is 24.2 Å². The van der Waals surface area contributed by atoms with Crippen molar-refractivity contribution in [2.24, 2.45) is 0 Å². The van der Waals surface area contributed by atoms with Crippen LogP contribution in [0.15, 0.2) is 24.3 Å². The molecule has 0 aromatic heterocycles. The molecule has 0 aromatic rings. The molecule has 21 heavy (non-hydrogen) atoms. The Balaban J connectivity index is 5.61. The van der Waals surface area contributed by atoms with Crippen molar-refractivity contribution in [3.8, 4) is 0 Å². The van der Waals surface area contributed by atoms with Crippen LogP contribution in [0.4, 0.5) is 0 Å². The average Bonchev–Trinajstić information content (AvgIpc) is 2.47. The van der Waals surface area contributed by atoms with Crippen LogP contribution < -0.4 is 0 Å². The monoisotopic (exact) mass is 316 g/mol. The Bertz CT molecular complexity index is 485. The van der Waals surface area contributed by atoms with Crippen LogP contribution in [-0.4, -0.2) is 36.5 Å². The van der Waals surface area contributed by atoms with Gasteiger partial charge < -0.3 is 19.3 Å². The minimum atomic E-state index is -3.78. The van der Waals surface area contributed by atoms with Crippen molar-refractivity contribution in [3.05, 3.63) is 29.8 Å². The largest absolute Gasteiger partial charge is 0.466 e. The Labute approximate surface area is 124 Å². The van der Waals surface area contributed by atoms with Gasteiger partial charge in [-0.25, -0.2) is 9.36 Å². The molecule has 7 nitrogen and oxygen atoms in total. The predicted molar refractivity (Wildman–Crippen MR) is 79.0 cm³/mol. The molecule has 0 radical (unpaired) electrons. The first-order valence-corrected chi connectivity index (χ1v) is 8.04. The van der Waals surface area contributed by atoms with Crippen molar-refractivity contribution in [2.75, 3.05) is 20.3 Å². The zero-order valence-electron chi connectivity index (χ0n) is 12.6. The van der Waals surface area contributed by atoms with Crippen molar-refractivity contribution in [1.82, 2.24) is 0 Å². The van der Waals surface area contributed by atoms with E-state index in [2.05, 4.69) is 16.1 Å². The summed E-state index contributed by atoms with van der Waals surface area (Å²) in [5, 5.41) is 0. The zero-order chi connectivity index (χ0) is 16.3. The van der Waals surface area contributed by atoms with Crippen LogP contribution >= 0.6 is 7.60 Å². The van der Waals surface area contributed by atoms with Gasteiger partial charge in [0, 0.05) is 11.6 Å². The van der Waals surface area contributed by atoms with Crippen LogP contribution in [0.25, 0.3) is 5.53 Å². The third-order valence-electron chi connectivity index (χ3n) is 2.35. The molecule has 118 valence electrons. The molecule has 0 fully saturated rings. The van der Waals surface area contributed by atoms with Crippen LogP contribution in [0.1, 0.15) is 26.7 Å². The quantitative estimate of drug-likeness (QED) is 0.117. The standard InChI is InChI=1S/C13H21N2O5P/c1-5-8-9-11(13(16)18-4)10-12(15-14)21(17,19-6-2)20-7-3/h5,10H,1,6-9H2,2-4H3/b11-10+. The molecule has 0 saturated carbocycles. The van der Waals surface area contributed by atoms with Crippen molar-refractivity contribution in [2.45, 2.75) is 26.7 Å². The fraction of sp³-hybridized carbons (Fsp3) is 0.538.